The molecule has 30 heavy (non-hydrogen) atoms. The molecule has 1 N–H and O–H groups in total. The molecule has 1 amide bonds. The Bertz CT molecular complexity index is 1170. The SMILES string of the molecule is CC(C)COc1ccc(C(=O)Nc2ccc3nn(-c4ccc(F)cc4)nc3c2)cc1. The summed E-state index contributed by atoms with van der Waals surface area (Å²) < 4.78 is 18.8. The van der Waals surface area contributed by atoms with E-state index >= 15 is 0 Å². The van der Waals surface area contributed by atoms with Gasteiger partial charge in [0.25, 0.3) is 5.91 Å². The number of nitrogens with one attached hydrogen (secondary N) is 1. The second-order valence-electron chi connectivity index (χ2n) is 7.35. The van der Waals surface area contributed by atoms with Crippen molar-refractivity contribution in [3.63, 3.8) is 0 Å². The monoisotopic (exact) mass is 404 g/mol. The van der Waals surface area contributed by atoms with Crippen LogP contribution in [0.25, 0.3) is 16.7 Å². The molecule has 0 aliphatic carbocycles. The number of fused-ring (bicyclic) bond motifs is 1. The number of anilines is 1. The molecule has 0 saturated carbocycles. The molecule has 0 bridgehead atoms. The maximum atomic E-state index is 13.1. The van der Waals surface area contributed by atoms with Crippen LogP contribution in [0, 0.1) is 11.7 Å². The highest BCUT2D eigenvalue weighted by Gasteiger charge is 2.10. The number of carbonyl (C=O) groups is 1. The quantitative estimate of drug-likeness (QED) is 0.499. The van der Waals surface area contributed by atoms with Gasteiger partial charge in [-0.15, -0.1) is 10.2 Å². The summed E-state index contributed by atoms with van der Waals surface area (Å²) >= 11 is 0. The van der Waals surface area contributed by atoms with Crippen LogP contribution in [0.2, 0.25) is 0 Å². The lowest BCUT2D eigenvalue weighted by Gasteiger charge is -2.09. The first kappa shape index (κ1) is 19.6. The van der Waals surface area contributed by atoms with Gasteiger partial charge in [-0.2, -0.15) is 4.80 Å². The first-order valence-electron chi connectivity index (χ1n) is 9.65. The number of benzene rings is 3. The fourth-order valence-corrected chi connectivity index (χ4v) is 2.85. The number of ether oxygens (including phenoxy) is 1. The van der Waals surface area contributed by atoms with E-state index in [1.165, 1.54) is 16.9 Å². The maximum absolute atomic E-state index is 13.1. The van der Waals surface area contributed by atoms with Crippen LogP contribution in [0.15, 0.2) is 66.7 Å². The van der Waals surface area contributed by atoms with E-state index in [2.05, 4.69) is 29.4 Å². The van der Waals surface area contributed by atoms with E-state index in [-0.39, 0.29) is 11.7 Å². The summed E-state index contributed by atoms with van der Waals surface area (Å²) in [6, 6.07) is 18.2. The fraction of sp³-hybridized carbons (Fsp3) is 0.174. The predicted molar refractivity (Wildman–Crippen MR) is 114 cm³/mol. The normalized spacial score (nSPS) is 11.1. The highest BCUT2D eigenvalue weighted by atomic mass is 19.1. The number of halogens is 1. The van der Waals surface area contributed by atoms with Gasteiger partial charge >= 0.3 is 0 Å². The van der Waals surface area contributed by atoms with Crippen LogP contribution in [0.4, 0.5) is 10.1 Å². The molecule has 0 aliphatic heterocycles. The van der Waals surface area contributed by atoms with E-state index in [0.29, 0.717) is 40.5 Å². The molecule has 0 aliphatic rings. The van der Waals surface area contributed by atoms with Crippen LogP contribution in [0.5, 0.6) is 5.75 Å². The Labute approximate surface area is 173 Å². The minimum absolute atomic E-state index is 0.226. The van der Waals surface area contributed by atoms with Crippen molar-refractivity contribution in [1.29, 1.82) is 0 Å². The first-order valence-corrected chi connectivity index (χ1v) is 9.65. The van der Waals surface area contributed by atoms with Crippen molar-refractivity contribution in [3.05, 3.63) is 78.1 Å². The topological polar surface area (TPSA) is 69.0 Å². The van der Waals surface area contributed by atoms with Crippen molar-refractivity contribution in [3.8, 4) is 11.4 Å². The Hall–Kier alpha value is -3.74. The summed E-state index contributed by atoms with van der Waals surface area (Å²) in [5.74, 6) is 0.624. The Balaban J connectivity index is 1.48. The molecule has 0 unspecified atom stereocenters. The van der Waals surface area contributed by atoms with Gasteiger partial charge in [-0.25, -0.2) is 4.39 Å². The van der Waals surface area contributed by atoms with Crippen molar-refractivity contribution in [2.24, 2.45) is 5.92 Å². The molecule has 0 spiro atoms. The highest BCUT2D eigenvalue weighted by Crippen LogP contribution is 2.19. The second kappa shape index (κ2) is 8.32. The summed E-state index contributed by atoms with van der Waals surface area (Å²) in [5.41, 5.74) is 3.08. The lowest BCUT2D eigenvalue weighted by atomic mass is 10.2. The second-order valence-corrected chi connectivity index (χ2v) is 7.35. The van der Waals surface area contributed by atoms with E-state index in [0.717, 1.165) is 5.75 Å². The number of nitrogens with zero attached hydrogens (tertiary/aromatic N) is 3. The van der Waals surface area contributed by atoms with Crippen molar-refractivity contribution < 1.29 is 13.9 Å². The van der Waals surface area contributed by atoms with E-state index in [4.69, 9.17) is 4.74 Å². The van der Waals surface area contributed by atoms with Gasteiger partial charge in [-0.1, -0.05) is 13.8 Å². The molecule has 7 heteroatoms. The maximum Gasteiger partial charge on any atom is 0.255 e. The van der Waals surface area contributed by atoms with E-state index in [9.17, 15) is 9.18 Å². The minimum atomic E-state index is -0.319. The summed E-state index contributed by atoms with van der Waals surface area (Å²) in [6.07, 6.45) is 0. The number of amides is 1. The number of carbonyl (C=O) groups excluding carboxylic acids is 1. The molecular formula is C23H21FN4O2. The summed E-state index contributed by atoms with van der Waals surface area (Å²) in [4.78, 5) is 14.0. The van der Waals surface area contributed by atoms with Crippen LogP contribution < -0.4 is 10.1 Å². The van der Waals surface area contributed by atoms with Gasteiger partial charge in [-0.3, -0.25) is 4.79 Å². The third kappa shape index (κ3) is 4.46. The molecule has 4 aromatic rings. The molecule has 1 heterocycles. The highest BCUT2D eigenvalue weighted by molar-refractivity contribution is 6.05. The van der Waals surface area contributed by atoms with Crippen LogP contribution in [-0.4, -0.2) is 27.5 Å². The van der Waals surface area contributed by atoms with Crippen LogP contribution >= 0.6 is 0 Å². The smallest absolute Gasteiger partial charge is 0.255 e. The van der Waals surface area contributed by atoms with Crippen molar-refractivity contribution in [2.75, 3.05) is 11.9 Å². The Kier molecular flexibility index (Phi) is 5.43. The largest absolute Gasteiger partial charge is 0.493 e. The molecule has 3 aromatic carbocycles. The van der Waals surface area contributed by atoms with Gasteiger partial charge in [0.05, 0.1) is 12.3 Å². The van der Waals surface area contributed by atoms with E-state index in [1.807, 2.05) is 0 Å². The number of aromatic nitrogens is 3. The average Bonchev–Trinajstić information content (AvgIpc) is 3.16. The van der Waals surface area contributed by atoms with Gasteiger partial charge in [0.1, 0.15) is 22.6 Å². The van der Waals surface area contributed by atoms with Crippen molar-refractivity contribution in [2.45, 2.75) is 13.8 Å². The zero-order valence-corrected chi connectivity index (χ0v) is 16.7. The molecule has 1 aromatic heterocycles. The van der Waals surface area contributed by atoms with Gasteiger partial charge in [0.2, 0.25) is 0 Å². The minimum Gasteiger partial charge on any atom is -0.493 e. The summed E-state index contributed by atoms with van der Waals surface area (Å²) in [6.45, 7) is 4.79. The van der Waals surface area contributed by atoms with E-state index in [1.54, 1.807) is 54.6 Å². The Morgan fingerprint density at radius 2 is 1.70 bits per heavy atom. The molecule has 0 saturated heterocycles. The van der Waals surface area contributed by atoms with Gasteiger partial charge in [0, 0.05) is 11.3 Å². The molecule has 0 fully saturated rings. The molecule has 0 atom stereocenters. The Morgan fingerprint density at radius 3 is 2.40 bits per heavy atom. The van der Waals surface area contributed by atoms with Crippen molar-refractivity contribution >= 4 is 22.6 Å². The third-order valence-electron chi connectivity index (χ3n) is 4.40. The lowest BCUT2D eigenvalue weighted by Crippen LogP contribution is -2.12. The third-order valence-corrected chi connectivity index (χ3v) is 4.40. The van der Waals surface area contributed by atoms with Crippen molar-refractivity contribution in [1.82, 2.24) is 15.0 Å². The van der Waals surface area contributed by atoms with Gasteiger partial charge in [0.15, 0.2) is 0 Å². The number of hydrogen-bond donors (Lipinski definition) is 1. The molecule has 6 nitrogen and oxygen atoms in total. The summed E-state index contributed by atoms with van der Waals surface area (Å²) in [5, 5.41) is 11.7. The first-order chi connectivity index (χ1) is 14.5. The summed E-state index contributed by atoms with van der Waals surface area (Å²) in [7, 11) is 0. The molecule has 0 radical (unpaired) electrons. The lowest BCUT2D eigenvalue weighted by molar-refractivity contribution is 0.102. The Morgan fingerprint density at radius 1 is 1.00 bits per heavy atom. The van der Waals surface area contributed by atoms with Crippen LogP contribution in [0.3, 0.4) is 0 Å². The average molecular weight is 404 g/mol. The molecule has 152 valence electrons. The number of hydrogen-bond acceptors (Lipinski definition) is 4. The van der Waals surface area contributed by atoms with E-state index < -0.39 is 0 Å². The zero-order chi connectivity index (χ0) is 21.1. The number of rotatable bonds is 6. The fourth-order valence-electron chi connectivity index (χ4n) is 2.85. The van der Waals surface area contributed by atoms with Crippen LogP contribution in [0.1, 0.15) is 24.2 Å². The van der Waals surface area contributed by atoms with Gasteiger partial charge in [-0.05, 0) is 72.6 Å². The standard InChI is InChI=1S/C23H21FN4O2/c1-15(2)14-30-20-10-3-16(4-11-20)23(29)25-18-7-12-21-22(13-18)27-28(26-21)19-8-5-17(24)6-9-19/h3-13,15H,14H2,1-2H3,(H,25,29). The molecule has 4 rings (SSSR count). The molecular weight excluding hydrogens is 383 g/mol. The zero-order valence-electron chi connectivity index (χ0n) is 16.7. The van der Waals surface area contributed by atoms with Crippen LogP contribution in [-0.2, 0) is 0 Å². The predicted octanol–water partition coefficient (Wildman–Crippen LogP) is 4.85. The van der Waals surface area contributed by atoms with Gasteiger partial charge < -0.3 is 10.1 Å².